The van der Waals surface area contributed by atoms with Crippen molar-refractivity contribution in [2.45, 2.75) is 51.2 Å². The summed E-state index contributed by atoms with van der Waals surface area (Å²) in [4.78, 5) is 24.6. The van der Waals surface area contributed by atoms with Gasteiger partial charge >= 0.3 is 11.8 Å². The van der Waals surface area contributed by atoms with Gasteiger partial charge in [0.1, 0.15) is 6.67 Å². The summed E-state index contributed by atoms with van der Waals surface area (Å²) in [6.07, 6.45) is 4.17. The summed E-state index contributed by atoms with van der Waals surface area (Å²) in [5.41, 5.74) is 4.46. The van der Waals surface area contributed by atoms with Crippen molar-refractivity contribution in [3.63, 3.8) is 0 Å². The van der Waals surface area contributed by atoms with Gasteiger partial charge < -0.3 is 19.8 Å². The molecule has 41 heavy (non-hydrogen) atoms. The highest BCUT2D eigenvalue weighted by molar-refractivity contribution is 5.89. The van der Waals surface area contributed by atoms with Crippen LogP contribution in [0.25, 0.3) is 11.3 Å². The van der Waals surface area contributed by atoms with E-state index in [1.54, 1.807) is 26.2 Å². The molecule has 0 unspecified atom stereocenters. The van der Waals surface area contributed by atoms with Gasteiger partial charge in [-0.3, -0.25) is 14.8 Å². The zero-order valence-corrected chi connectivity index (χ0v) is 23.1. The number of nitrogens with zero attached hydrogens (tertiary/aromatic N) is 6. The molecule has 13 heteroatoms. The Morgan fingerprint density at radius 2 is 2.10 bits per heavy atom. The van der Waals surface area contributed by atoms with Crippen molar-refractivity contribution in [3.05, 3.63) is 65.3 Å². The number of ether oxygens (including phenoxy) is 1. The van der Waals surface area contributed by atoms with Gasteiger partial charge in [0.2, 0.25) is 11.8 Å². The maximum absolute atomic E-state index is 13.4. The zero-order chi connectivity index (χ0) is 28.6. The van der Waals surface area contributed by atoms with E-state index in [0.29, 0.717) is 38.2 Å². The number of halogens is 1. The number of fused-ring (bicyclic) bond motifs is 1. The van der Waals surface area contributed by atoms with E-state index in [-0.39, 0.29) is 17.8 Å². The fourth-order valence-electron chi connectivity index (χ4n) is 4.94. The number of aromatic amines is 1. The number of aromatic nitrogens is 6. The molecule has 214 valence electrons. The molecular weight excluding hydrogens is 529 g/mol. The van der Waals surface area contributed by atoms with Gasteiger partial charge in [-0.25, -0.2) is 14.4 Å². The van der Waals surface area contributed by atoms with Crippen LogP contribution in [0.1, 0.15) is 59.7 Å². The van der Waals surface area contributed by atoms with Crippen LogP contribution in [0.15, 0.2) is 41.1 Å². The number of nitrogens with one attached hydrogen (secondary N) is 3. The second-order valence-corrected chi connectivity index (χ2v) is 11.1. The average molecular weight is 562 g/mol. The molecule has 0 bridgehead atoms. The van der Waals surface area contributed by atoms with Crippen LogP contribution in [-0.4, -0.2) is 73.6 Å². The number of benzene rings is 1. The summed E-state index contributed by atoms with van der Waals surface area (Å²) >= 11 is 0. The first-order valence-electron chi connectivity index (χ1n) is 13.6. The molecule has 1 saturated heterocycles. The third kappa shape index (κ3) is 5.55. The molecule has 6 rings (SSSR count). The largest absolute Gasteiger partial charge is 0.416 e. The molecule has 1 aromatic carbocycles. The van der Waals surface area contributed by atoms with Crippen molar-refractivity contribution in [2.24, 2.45) is 0 Å². The summed E-state index contributed by atoms with van der Waals surface area (Å²) in [5, 5.41) is 21.0. The minimum absolute atomic E-state index is 0.0915. The minimum Gasteiger partial charge on any atom is -0.416 e. The summed E-state index contributed by atoms with van der Waals surface area (Å²) < 4.78 is 24.4. The van der Waals surface area contributed by atoms with Crippen molar-refractivity contribution in [3.8, 4) is 11.3 Å². The van der Waals surface area contributed by atoms with Crippen LogP contribution < -0.4 is 10.6 Å². The molecule has 2 aliphatic heterocycles. The zero-order valence-electron chi connectivity index (χ0n) is 23.1. The maximum Gasteiger partial charge on any atom is 0.309 e. The Morgan fingerprint density at radius 3 is 2.83 bits per heavy atom. The van der Waals surface area contributed by atoms with Gasteiger partial charge in [-0.2, -0.15) is 5.10 Å². The molecule has 0 spiro atoms. The second-order valence-electron chi connectivity index (χ2n) is 11.1. The van der Waals surface area contributed by atoms with Crippen LogP contribution in [0.5, 0.6) is 0 Å². The molecule has 3 aromatic heterocycles. The normalized spacial score (nSPS) is 17.9. The first kappa shape index (κ1) is 27.0. The standard InChI is InChI=1S/C28H32FN9O3/c1-16-23(11-31-35-16)34-27-30-8-6-21(33-27)17-4-5-20-18(10-17)12-38(19-13-40-14-19)9-7-22(20)32-24(39)25-36-37-26(41-25)28(2,3)15-29/h4-6,8,10-11,19,22H,7,9,12-15H2,1-3H3,(H,31,35)(H,32,39)(H,30,33,34)/t22-/m1/s1. The summed E-state index contributed by atoms with van der Waals surface area (Å²) in [5.74, 6) is -0.106. The molecule has 0 saturated carbocycles. The molecule has 12 nitrogen and oxygen atoms in total. The summed E-state index contributed by atoms with van der Waals surface area (Å²) in [6, 6.07) is 8.08. The molecule has 4 aromatic rings. The number of alkyl halides is 1. The molecule has 0 aliphatic carbocycles. The number of anilines is 2. The summed E-state index contributed by atoms with van der Waals surface area (Å²) in [7, 11) is 0. The lowest BCUT2D eigenvalue weighted by Gasteiger charge is -2.36. The van der Waals surface area contributed by atoms with E-state index in [1.165, 1.54) is 0 Å². The van der Waals surface area contributed by atoms with E-state index < -0.39 is 18.0 Å². The van der Waals surface area contributed by atoms with Crippen LogP contribution in [0, 0.1) is 6.92 Å². The summed E-state index contributed by atoms with van der Waals surface area (Å²) in [6.45, 7) is 7.38. The first-order chi connectivity index (χ1) is 19.8. The van der Waals surface area contributed by atoms with Crippen molar-refractivity contribution >= 4 is 17.5 Å². The lowest BCUT2D eigenvalue weighted by molar-refractivity contribution is -0.0678. The fourth-order valence-corrected chi connectivity index (χ4v) is 4.94. The lowest BCUT2D eigenvalue weighted by atomic mass is 9.96. The third-order valence-corrected chi connectivity index (χ3v) is 7.60. The molecule has 1 amide bonds. The smallest absolute Gasteiger partial charge is 0.309 e. The van der Waals surface area contributed by atoms with Gasteiger partial charge in [0.15, 0.2) is 0 Å². The average Bonchev–Trinajstić information content (AvgIpc) is 3.56. The van der Waals surface area contributed by atoms with Crippen LogP contribution in [0.2, 0.25) is 0 Å². The fraction of sp³-hybridized carbons (Fsp3) is 0.429. The van der Waals surface area contributed by atoms with Gasteiger partial charge in [-0.1, -0.05) is 12.1 Å². The van der Waals surface area contributed by atoms with E-state index in [4.69, 9.17) is 14.1 Å². The van der Waals surface area contributed by atoms with E-state index in [0.717, 1.165) is 40.3 Å². The Kier molecular flexibility index (Phi) is 7.22. The van der Waals surface area contributed by atoms with E-state index >= 15 is 0 Å². The Morgan fingerprint density at radius 1 is 1.24 bits per heavy atom. The number of carbonyl (C=O) groups is 1. The Labute approximate surface area is 236 Å². The first-order valence-corrected chi connectivity index (χ1v) is 13.6. The van der Waals surface area contributed by atoms with E-state index in [1.807, 2.05) is 25.1 Å². The highest BCUT2D eigenvalue weighted by atomic mass is 19.1. The number of hydrogen-bond donors (Lipinski definition) is 3. The lowest BCUT2D eigenvalue weighted by Crippen LogP contribution is -2.48. The van der Waals surface area contributed by atoms with Crippen molar-refractivity contribution in [2.75, 3.05) is 31.7 Å². The highest BCUT2D eigenvalue weighted by Crippen LogP contribution is 2.33. The predicted octanol–water partition coefficient (Wildman–Crippen LogP) is 3.62. The maximum atomic E-state index is 13.4. The molecule has 0 radical (unpaired) electrons. The number of H-pyrrole nitrogens is 1. The molecule has 5 heterocycles. The van der Waals surface area contributed by atoms with Crippen LogP contribution in [0.3, 0.4) is 0 Å². The number of hydrogen-bond acceptors (Lipinski definition) is 10. The molecule has 1 atom stereocenters. The van der Waals surface area contributed by atoms with Gasteiger partial charge in [-0.15, -0.1) is 10.2 Å². The Balaban J connectivity index is 1.27. The highest BCUT2D eigenvalue weighted by Gasteiger charge is 2.33. The van der Waals surface area contributed by atoms with Gasteiger partial charge in [0.25, 0.3) is 0 Å². The molecule has 3 N–H and O–H groups in total. The Bertz CT molecular complexity index is 1550. The quantitative estimate of drug-likeness (QED) is 0.291. The van der Waals surface area contributed by atoms with Crippen LogP contribution >= 0.6 is 0 Å². The topological polar surface area (TPSA) is 147 Å². The molecular formula is C28H32FN9O3. The van der Waals surface area contributed by atoms with E-state index in [2.05, 4.69) is 47.0 Å². The monoisotopic (exact) mass is 561 g/mol. The number of aryl methyl sites for hydroxylation is 1. The van der Waals surface area contributed by atoms with Gasteiger partial charge in [-0.05, 0) is 50.5 Å². The van der Waals surface area contributed by atoms with Crippen molar-refractivity contribution in [1.29, 1.82) is 0 Å². The number of amides is 1. The van der Waals surface area contributed by atoms with Gasteiger partial charge in [0.05, 0.1) is 47.8 Å². The minimum atomic E-state index is -0.962. The van der Waals surface area contributed by atoms with Gasteiger partial charge in [0, 0.05) is 31.0 Å². The molecule has 1 fully saturated rings. The Hall–Kier alpha value is -4.23. The third-order valence-electron chi connectivity index (χ3n) is 7.60. The SMILES string of the molecule is Cc1n[nH]cc1Nc1nccc(-c2ccc3c(c2)CN(C2COC2)CC[C@H]3NC(=O)c2nnc(C(C)(C)CF)o2)n1. The molecule has 2 aliphatic rings. The van der Waals surface area contributed by atoms with Crippen LogP contribution in [0.4, 0.5) is 16.0 Å². The van der Waals surface area contributed by atoms with Crippen molar-refractivity contribution < 1.29 is 18.3 Å². The van der Waals surface area contributed by atoms with Crippen molar-refractivity contribution in [1.82, 2.24) is 40.6 Å². The predicted molar refractivity (Wildman–Crippen MR) is 147 cm³/mol. The number of rotatable bonds is 8. The van der Waals surface area contributed by atoms with E-state index in [9.17, 15) is 9.18 Å². The van der Waals surface area contributed by atoms with Crippen LogP contribution in [-0.2, 0) is 16.7 Å². The number of carbonyl (C=O) groups excluding carboxylic acids is 1. The second kappa shape index (κ2) is 11.0.